The van der Waals surface area contributed by atoms with Crippen LogP contribution in [0.25, 0.3) is 0 Å². The highest BCUT2D eigenvalue weighted by Crippen LogP contribution is 2.17. The molecule has 3 heteroatoms. The van der Waals surface area contributed by atoms with Crippen LogP contribution in [0, 0.1) is 6.92 Å². The van der Waals surface area contributed by atoms with Gasteiger partial charge in [0.25, 0.3) is 0 Å². The molecule has 0 aliphatic carbocycles. The number of nitrogens with zero attached hydrogens (tertiary/aromatic N) is 1. The van der Waals surface area contributed by atoms with Crippen LogP contribution in [0.4, 0.5) is 0 Å². The van der Waals surface area contributed by atoms with Crippen molar-refractivity contribution in [2.45, 2.75) is 26.3 Å². The lowest BCUT2D eigenvalue weighted by Gasteiger charge is -2.15. The van der Waals surface area contributed by atoms with Crippen molar-refractivity contribution in [3.05, 3.63) is 21.9 Å². The van der Waals surface area contributed by atoms with Crippen LogP contribution in [0.15, 0.2) is 11.4 Å². The van der Waals surface area contributed by atoms with Gasteiger partial charge in [0.2, 0.25) is 0 Å². The van der Waals surface area contributed by atoms with Gasteiger partial charge in [0.1, 0.15) is 0 Å². The minimum absolute atomic E-state index is 0.311. The predicted molar refractivity (Wildman–Crippen MR) is 61.7 cm³/mol. The van der Waals surface area contributed by atoms with Gasteiger partial charge in [-0.1, -0.05) is 0 Å². The average Bonchev–Trinajstić information content (AvgIpc) is 2.52. The highest BCUT2D eigenvalue weighted by molar-refractivity contribution is 7.10. The fraction of sp³-hybridized carbons (Fsp3) is 0.636. The number of hydrogen-bond donors (Lipinski definition) is 1. The summed E-state index contributed by atoms with van der Waals surface area (Å²) in [6, 6.07) is 2.17. The Balaban J connectivity index is 2.27. The molecule has 2 nitrogen and oxygen atoms in total. The van der Waals surface area contributed by atoms with Crippen molar-refractivity contribution in [1.82, 2.24) is 4.90 Å². The fourth-order valence-corrected chi connectivity index (χ4v) is 2.37. The lowest BCUT2D eigenvalue weighted by Crippen LogP contribution is -2.19. The maximum absolute atomic E-state index is 8.66. The molecular weight excluding hydrogens is 194 g/mol. The third-order valence-electron chi connectivity index (χ3n) is 2.33. The fourth-order valence-electron chi connectivity index (χ4n) is 1.38. The zero-order valence-electron chi connectivity index (χ0n) is 8.99. The molecule has 0 atom stereocenters. The Bertz CT molecular complexity index is 260. The van der Waals surface area contributed by atoms with Gasteiger partial charge in [-0.2, -0.15) is 0 Å². The first-order valence-corrected chi connectivity index (χ1v) is 5.94. The zero-order chi connectivity index (χ0) is 10.4. The van der Waals surface area contributed by atoms with Crippen molar-refractivity contribution in [3.63, 3.8) is 0 Å². The van der Waals surface area contributed by atoms with Crippen LogP contribution >= 0.6 is 11.3 Å². The first-order valence-electron chi connectivity index (χ1n) is 5.06. The van der Waals surface area contributed by atoms with E-state index in [0.29, 0.717) is 6.61 Å². The molecule has 0 aliphatic heterocycles. The Kier molecular flexibility index (Phi) is 5.15. The Morgan fingerprint density at radius 2 is 2.21 bits per heavy atom. The standard InChI is InChI=1S/C11H19NOS/c1-10-5-8-14-11(10)9-12(2)6-3-4-7-13/h5,8,13H,3-4,6-7,9H2,1-2H3. The Labute approximate surface area is 90.2 Å². The molecule has 0 bridgehead atoms. The summed E-state index contributed by atoms with van der Waals surface area (Å²) in [5.74, 6) is 0. The van der Waals surface area contributed by atoms with Crippen LogP contribution in [0.3, 0.4) is 0 Å². The van der Waals surface area contributed by atoms with E-state index in [9.17, 15) is 0 Å². The number of aliphatic hydroxyl groups excluding tert-OH is 1. The van der Waals surface area contributed by atoms with Crippen LogP contribution in [-0.4, -0.2) is 30.2 Å². The first kappa shape index (κ1) is 11.7. The van der Waals surface area contributed by atoms with Gasteiger partial charge >= 0.3 is 0 Å². The Morgan fingerprint density at radius 3 is 2.79 bits per heavy atom. The van der Waals surface area contributed by atoms with E-state index in [4.69, 9.17) is 5.11 Å². The SMILES string of the molecule is Cc1ccsc1CN(C)CCCCO. The van der Waals surface area contributed by atoms with Gasteiger partial charge in [-0.3, -0.25) is 0 Å². The second-order valence-corrected chi connectivity index (χ2v) is 4.70. The Morgan fingerprint density at radius 1 is 1.43 bits per heavy atom. The van der Waals surface area contributed by atoms with E-state index in [1.54, 1.807) is 0 Å². The topological polar surface area (TPSA) is 23.5 Å². The number of aliphatic hydroxyl groups is 1. The molecule has 0 amide bonds. The molecule has 0 saturated carbocycles. The third kappa shape index (κ3) is 3.78. The van der Waals surface area contributed by atoms with E-state index in [-0.39, 0.29) is 0 Å². The summed E-state index contributed by atoms with van der Waals surface area (Å²) in [5.41, 5.74) is 1.39. The molecule has 0 fully saturated rings. The summed E-state index contributed by atoms with van der Waals surface area (Å²) < 4.78 is 0. The molecule has 1 heterocycles. The number of rotatable bonds is 6. The highest BCUT2D eigenvalue weighted by Gasteiger charge is 2.03. The van der Waals surface area contributed by atoms with E-state index in [1.165, 1.54) is 10.4 Å². The van der Waals surface area contributed by atoms with Crippen molar-refractivity contribution < 1.29 is 5.11 Å². The van der Waals surface area contributed by atoms with Gasteiger partial charge in [0.05, 0.1) is 0 Å². The summed E-state index contributed by atoms with van der Waals surface area (Å²) in [6.45, 7) is 4.58. The van der Waals surface area contributed by atoms with Crippen molar-refractivity contribution in [2.24, 2.45) is 0 Å². The van der Waals surface area contributed by atoms with Crippen LogP contribution < -0.4 is 0 Å². The van der Waals surface area contributed by atoms with Gasteiger partial charge in [0, 0.05) is 18.0 Å². The summed E-state index contributed by atoms with van der Waals surface area (Å²) >= 11 is 1.83. The molecule has 1 aromatic heterocycles. The molecule has 0 unspecified atom stereocenters. The smallest absolute Gasteiger partial charge is 0.0431 e. The lowest BCUT2D eigenvalue weighted by molar-refractivity contribution is 0.261. The second-order valence-electron chi connectivity index (χ2n) is 3.70. The Hall–Kier alpha value is -0.380. The monoisotopic (exact) mass is 213 g/mol. The quantitative estimate of drug-likeness (QED) is 0.733. The molecule has 1 rings (SSSR count). The maximum Gasteiger partial charge on any atom is 0.0431 e. The third-order valence-corrected chi connectivity index (χ3v) is 3.34. The van der Waals surface area contributed by atoms with Crippen LogP contribution in [0.2, 0.25) is 0 Å². The zero-order valence-corrected chi connectivity index (χ0v) is 9.81. The van der Waals surface area contributed by atoms with Crippen LogP contribution in [0.1, 0.15) is 23.3 Å². The molecule has 0 saturated heterocycles. The molecule has 0 spiro atoms. The molecule has 80 valence electrons. The molecule has 1 aromatic rings. The van der Waals surface area contributed by atoms with Gasteiger partial charge in [-0.25, -0.2) is 0 Å². The van der Waals surface area contributed by atoms with E-state index < -0.39 is 0 Å². The lowest BCUT2D eigenvalue weighted by atomic mass is 10.2. The van der Waals surface area contributed by atoms with E-state index in [2.05, 4.69) is 30.3 Å². The molecular formula is C11H19NOS. The van der Waals surface area contributed by atoms with Gasteiger partial charge in [0.15, 0.2) is 0 Å². The summed E-state index contributed by atoms with van der Waals surface area (Å²) in [4.78, 5) is 3.77. The van der Waals surface area contributed by atoms with Crippen molar-refractivity contribution in [2.75, 3.05) is 20.2 Å². The van der Waals surface area contributed by atoms with E-state index >= 15 is 0 Å². The largest absolute Gasteiger partial charge is 0.396 e. The van der Waals surface area contributed by atoms with Crippen molar-refractivity contribution in [3.8, 4) is 0 Å². The number of hydrogen-bond acceptors (Lipinski definition) is 3. The molecule has 0 aromatic carbocycles. The van der Waals surface area contributed by atoms with Crippen LogP contribution in [0.5, 0.6) is 0 Å². The summed E-state index contributed by atoms with van der Waals surface area (Å²) in [5, 5.41) is 10.8. The summed E-state index contributed by atoms with van der Waals surface area (Å²) in [6.07, 6.45) is 1.99. The first-order chi connectivity index (χ1) is 6.74. The number of unbranched alkanes of at least 4 members (excludes halogenated alkanes) is 1. The molecule has 0 radical (unpaired) electrons. The van der Waals surface area contributed by atoms with E-state index in [0.717, 1.165) is 25.9 Å². The van der Waals surface area contributed by atoms with Gasteiger partial charge < -0.3 is 10.0 Å². The summed E-state index contributed by atoms with van der Waals surface area (Å²) in [7, 11) is 2.14. The minimum Gasteiger partial charge on any atom is -0.396 e. The van der Waals surface area contributed by atoms with E-state index in [1.807, 2.05) is 11.3 Å². The highest BCUT2D eigenvalue weighted by atomic mass is 32.1. The number of thiophene rings is 1. The van der Waals surface area contributed by atoms with Gasteiger partial charge in [-0.15, -0.1) is 11.3 Å². The van der Waals surface area contributed by atoms with Gasteiger partial charge in [-0.05, 0) is 50.4 Å². The van der Waals surface area contributed by atoms with Crippen LogP contribution in [-0.2, 0) is 6.54 Å². The second kappa shape index (κ2) is 6.17. The average molecular weight is 213 g/mol. The molecule has 0 aliphatic rings. The normalized spacial score (nSPS) is 11.1. The molecule has 1 N–H and O–H groups in total. The molecule has 14 heavy (non-hydrogen) atoms. The maximum atomic E-state index is 8.66. The van der Waals surface area contributed by atoms with Crippen molar-refractivity contribution >= 4 is 11.3 Å². The number of aryl methyl sites for hydroxylation is 1. The van der Waals surface area contributed by atoms with Crippen molar-refractivity contribution in [1.29, 1.82) is 0 Å². The predicted octanol–water partition coefficient (Wildman–Crippen LogP) is 2.26. The minimum atomic E-state index is 0.311.